The van der Waals surface area contributed by atoms with Crippen LogP contribution >= 0.6 is 0 Å². The second-order valence-electron chi connectivity index (χ2n) is 5.73. The number of carbonyl (C=O) groups is 1. The van der Waals surface area contributed by atoms with Crippen LogP contribution < -0.4 is 4.90 Å². The highest BCUT2D eigenvalue weighted by Gasteiger charge is 2.18. The first-order valence-corrected chi connectivity index (χ1v) is 7.12. The molecule has 0 unspecified atom stereocenters. The van der Waals surface area contributed by atoms with Crippen molar-refractivity contribution >= 4 is 11.6 Å². The van der Waals surface area contributed by atoms with Crippen molar-refractivity contribution in [1.29, 1.82) is 0 Å². The van der Waals surface area contributed by atoms with Crippen LogP contribution in [-0.4, -0.2) is 37.5 Å². The quantitative estimate of drug-likeness (QED) is 0.816. The van der Waals surface area contributed by atoms with Crippen molar-refractivity contribution in [2.75, 3.05) is 25.5 Å². The number of rotatable bonds is 2. The molecule has 1 aliphatic heterocycles. The molecule has 104 valence electrons. The number of hydrogen-bond donors (Lipinski definition) is 0. The first-order valence-electron chi connectivity index (χ1n) is 7.12. The highest BCUT2D eigenvalue weighted by Crippen LogP contribution is 2.26. The molecule has 0 saturated carbocycles. The monoisotopic (exact) mass is 260 g/mol. The van der Waals surface area contributed by atoms with E-state index in [4.69, 9.17) is 0 Å². The van der Waals surface area contributed by atoms with Crippen molar-refractivity contribution in [3.63, 3.8) is 0 Å². The molecule has 2 rings (SSSR count). The van der Waals surface area contributed by atoms with Crippen LogP contribution in [-0.2, 0) is 6.42 Å². The molecule has 0 aliphatic carbocycles. The Morgan fingerprint density at radius 1 is 1.32 bits per heavy atom. The van der Waals surface area contributed by atoms with Gasteiger partial charge in [-0.3, -0.25) is 4.79 Å². The third kappa shape index (κ3) is 2.91. The Labute approximate surface area is 116 Å². The lowest BCUT2D eigenvalue weighted by Gasteiger charge is -2.23. The van der Waals surface area contributed by atoms with Gasteiger partial charge < -0.3 is 9.80 Å². The second-order valence-corrected chi connectivity index (χ2v) is 5.73. The molecule has 3 nitrogen and oxygen atoms in total. The topological polar surface area (TPSA) is 23.6 Å². The van der Waals surface area contributed by atoms with Gasteiger partial charge in [0.15, 0.2) is 0 Å². The third-order valence-electron chi connectivity index (χ3n) is 4.02. The van der Waals surface area contributed by atoms with Crippen molar-refractivity contribution in [3.05, 3.63) is 29.3 Å². The van der Waals surface area contributed by atoms with Gasteiger partial charge in [-0.05, 0) is 56.9 Å². The predicted octanol–water partition coefficient (Wildman–Crippen LogP) is 2.94. The maximum Gasteiger partial charge on any atom is 0.253 e. The molecule has 0 radical (unpaired) electrons. The summed E-state index contributed by atoms with van der Waals surface area (Å²) in [5.74, 6) is 0.115. The molecule has 1 aliphatic rings. The summed E-state index contributed by atoms with van der Waals surface area (Å²) in [6.45, 7) is 5.18. The molecule has 0 spiro atoms. The molecule has 0 aromatic heterocycles. The van der Waals surface area contributed by atoms with Crippen LogP contribution in [0.4, 0.5) is 5.69 Å². The number of anilines is 1. The molecule has 1 aromatic carbocycles. The SMILES string of the molecule is CC(C)N(C)C(=O)c1ccc2c(c1)CCCCN2C. The van der Waals surface area contributed by atoms with E-state index in [1.165, 1.54) is 24.1 Å². The Hall–Kier alpha value is -1.51. The van der Waals surface area contributed by atoms with Gasteiger partial charge >= 0.3 is 0 Å². The Bertz CT molecular complexity index is 468. The minimum absolute atomic E-state index is 0.115. The summed E-state index contributed by atoms with van der Waals surface area (Å²) < 4.78 is 0. The van der Waals surface area contributed by atoms with Crippen molar-refractivity contribution < 1.29 is 4.79 Å². The molecule has 0 fully saturated rings. The number of nitrogens with zero attached hydrogens (tertiary/aromatic N) is 2. The summed E-state index contributed by atoms with van der Waals surface area (Å²) in [5, 5.41) is 0. The zero-order valence-electron chi connectivity index (χ0n) is 12.4. The van der Waals surface area contributed by atoms with Crippen molar-refractivity contribution in [2.24, 2.45) is 0 Å². The summed E-state index contributed by atoms with van der Waals surface area (Å²) in [4.78, 5) is 16.4. The number of fused-ring (bicyclic) bond motifs is 1. The van der Waals surface area contributed by atoms with Gasteiger partial charge in [0.1, 0.15) is 0 Å². The van der Waals surface area contributed by atoms with E-state index in [0.29, 0.717) is 0 Å². The van der Waals surface area contributed by atoms with Crippen LogP contribution in [0.5, 0.6) is 0 Å². The Balaban J connectivity index is 2.30. The number of carbonyl (C=O) groups excluding carboxylic acids is 1. The molecule has 0 bridgehead atoms. The second kappa shape index (κ2) is 5.64. The highest BCUT2D eigenvalue weighted by molar-refractivity contribution is 5.95. The average molecular weight is 260 g/mol. The molecule has 0 atom stereocenters. The fourth-order valence-electron chi connectivity index (χ4n) is 2.51. The molecule has 1 amide bonds. The lowest BCUT2D eigenvalue weighted by molar-refractivity contribution is 0.0755. The lowest BCUT2D eigenvalue weighted by atomic mass is 10.0. The van der Waals surface area contributed by atoms with Crippen molar-refractivity contribution in [2.45, 2.75) is 39.2 Å². The fourth-order valence-corrected chi connectivity index (χ4v) is 2.51. The molecule has 3 heteroatoms. The van der Waals surface area contributed by atoms with E-state index in [2.05, 4.69) is 24.1 Å². The standard InChI is InChI=1S/C16H24N2O/c1-12(2)18(4)16(19)14-8-9-15-13(11-14)7-5-6-10-17(15)3/h8-9,11-12H,5-7,10H2,1-4H3. The van der Waals surface area contributed by atoms with Gasteiger partial charge in [0.2, 0.25) is 0 Å². The molecule has 0 N–H and O–H groups in total. The lowest BCUT2D eigenvalue weighted by Crippen LogP contribution is -2.33. The Morgan fingerprint density at radius 3 is 2.74 bits per heavy atom. The predicted molar refractivity (Wildman–Crippen MR) is 79.9 cm³/mol. The molecule has 19 heavy (non-hydrogen) atoms. The summed E-state index contributed by atoms with van der Waals surface area (Å²) in [6.07, 6.45) is 3.50. The van der Waals surface area contributed by atoms with E-state index in [1.54, 1.807) is 4.90 Å². The summed E-state index contributed by atoms with van der Waals surface area (Å²) in [5.41, 5.74) is 3.40. The molecule has 1 heterocycles. The summed E-state index contributed by atoms with van der Waals surface area (Å²) in [6, 6.07) is 6.37. The minimum Gasteiger partial charge on any atom is -0.374 e. The van der Waals surface area contributed by atoms with Gasteiger partial charge in [0.05, 0.1) is 0 Å². The van der Waals surface area contributed by atoms with Crippen molar-refractivity contribution in [3.8, 4) is 0 Å². The number of hydrogen-bond acceptors (Lipinski definition) is 2. The zero-order chi connectivity index (χ0) is 14.0. The maximum absolute atomic E-state index is 12.4. The van der Waals surface area contributed by atoms with Crippen LogP contribution in [0.1, 0.15) is 42.6 Å². The van der Waals surface area contributed by atoms with E-state index in [9.17, 15) is 4.79 Å². The van der Waals surface area contributed by atoms with Crippen LogP contribution in [0.2, 0.25) is 0 Å². The van der Waals surface area contributed by atoms with Gasteiger partial charge in [-0.15, -0.1) is 0 Å². The Kier molecular flexibility index (Phi) is 4.13. The molecule has 1 aromatic rings. The Morgan fingerprint density at radius 2 is 2.05 bits per heavy atom. The maximum atomic E-state index is 12.4. The zero-order valence-corrected chi connectivity index (χ0v) is 12.4. The number of benzene rings is 1. The summed E-state index contributed by atoms with van der Waals surface area (Å²) >= 11 is 0. The van der Waals surface area contributed by atoms with E-state index in [-0.39, 0.29) is 11.9 Å². The first kappa shape index (κ1) is 13.9. The average Bonchev–Trinajstić information content (AvgIpc) is 2.58. The van der Waals surface area contributed by atoms with Gasteiger partial charge in [-0.25, -0.2) is 0 Å². The van der Waals surface area contributed by atoms with Crippen LogP contribution in [0, 0.1) is 0 Å². The fraction of sp³-hybridized carbons (Fsp3) is 0.562. The smallest absolute Gasteiger partial charge is 0.253 e. The van der Waals surface area contributed by atoms with Gasteiger partial charge in [-0.2, -0.15) is 0 Å². The van der Waals surface area contributed by atoms with Crippen molar-refractivity contribution in [1.82, 2.24) is 4.90 Å². The van der Waals surface area contributed by atoms with Gasteiger partial charge in [0, 0.05) is 37.9 Å². The normalized spacial score (nSPS) is 15.1. The van der Waals surface area contributed by atoms with E-state index >= 15 is 0 Å². The third-order valence-corrected chi connectivity index (χ3v) is 4.02. The van der Waals surface area contributed by atoms with Crippen LogP contribution in [0.25, 0.3) is 0 Å². The van der Waals surface area contributed by atoms with Crippen LogP contribution in [0.3, 0.4) is 0 Å². The highest BCUT2D eigenvalue weighted by atomic mass is 16.2. The number of amides is 1. The largest absolute Gasteiger partial charge is 0.374 e. The first-order chi connectivity index (χ1) is 9.00. The number of aryl methyl sites for hydroxylation is 1. The van der Waals surface area contributed by atoms with E-state index in [1.807, 2.05) is 27.0 Å². The molecule has 0 saturated heterocycles. The molecular weight excluding hydrogens is 236 g/mol. The minimum atomic E-state index is 0.115. The van der Waals surface area contributed by atoms with E-state index < -0.39 is 0 Å². The van der Waals surface area contributed by atoms with E-state index in [0.717, 1.165) is 18.5 Å². The van der Waals surface area contributed by atoms with Gasteiger partial charge in [0.25, 0.3) is 5.91 Å². The summed E-state index contributed by atoms with van der Waals surface area (Å²) in [7, 11) is 4.00. The van der Waals surface area contributed by atoms with Gasteiger partial charge in [-0.1, -0.05) is 0 Å². The van der Waals surface area contributed by atoms with Crippen LogP contribution in [0.15, 0.2) is 18.2 Å². The molecular formula is C16H24N2O.